The van der Waals surface area contributed by atoms with Crippen molar-refractivity contribution in [2.24, 2.45) is 0 Å². The van der Waals surface area contributed by atoms with Gasteiger partial charge in [0.25, 0.3) is 0 Å². The second kappa shape index (κ2) is 7.79. The first kappa shape index (κ1) is 16.3. The van der Waals surface area contributed by atoms with E-state index in [-0.39, 0.29) is 11.2 Å². The van der Waals surface area contributed by atoms with E-state index in [4.69, 9.17) is 0 Å². The number of anilines is 1. The minimum atomic E-state index is -0.135. The summed E-state index contributed by atoms with van der Waals surface area (Å²) >= 11 is 1.62. The molecule has 0 bridgehead atoms. The summed E-state index contributed by atoms with van der Waals surface area (Å²) in [4.78, 5) is 12.4. The second-order valence-electron chi connectivity index (χ2n) is 5.35. The van der Waals surface area contributed by atoms with Crippen LogP contribution in [0.1, 0.15) is 12.5 Å². The van der Waals surface area contributed by atoms with Gasteiger partial charge in [0.05, 0.1) is 10.9 Å². The average molecular weight is 338 g/mol. The summed E-state index contributed by atoms with van der Waals surface area (Å²) in [5.41, 5.74) is 2.89. The van der Waals surface area contributed by atoms with Crippen LogP contribution >= 0.6 is 11.8 Å². The molecule has 122 valence electrons. The van der Waals surface area contributed by atoms with Gasteiger partial charge >= 0.3 is 0 Å². The van der Waals surface area contributed by atoms with Crippen molar-refractivity contribution in [3.63, 3.8) is 0 Å². The van der Waals surface area contributed by atoms with Gasteiger partial charge in [-0.1, -0.05) is 36.4 Å². The first-order valence-electron chi connectivity index (χ1n) is 7.64. The molecular formula is C18H18N4OS. The Bertz CT molecular complexity index is 790. The predicted molar refractivity (Wildman–Crippen MR) is 97.2 cm³/mol. The van der Waals surface area contributed by atoms with Gasteiger partial charge in [-0.05, 0) is 30.7 Å². The zero-order valence-electron chi connectivity index (χ0n) is 13.3. The van der Waals surface area contributed by atoms with Crippen molar-refractivity contribution in [2.75, 3.05) is 5.32 Å². The Morgan fingerprint density at radius 1 is 1.12 bits per heavy atom. The van der Waals surface area contributed by atoms with Gasteiger partial charge in [0.15, 0.2) is 0 Å². The molecule has 0 spiro atoms. The van der Waals surface area contributed by atoms with E-state index in [0.717, 1.165) is 17.1 Å². The molecule has 0 fully saturated rings. The minimum absolute atomic E-state index is 0.00293. The van der Waals surface area contributed by atoms with Crippen molar-refractivity contribution >= 4 is 23.4 Å². The standard InChI is InChI=1S/C18H18N4OS/c1-14(24-11-15-6-3-2-4-7-15)18(23)21-16-8-5-9-17(10-16)22-12-19-20-13-22/h2-10,12-14H,11H2,1H3,(H,21,23)/t14-/m1/s1. The third kappa shape index (κ3) is 4.23. The van der Waals surface area contributed by atoms with Crippen molar-refractivity contribution in [3.05, 3.63) is 72.8 Å². The first-order chi connectivity index (χ1) is 11.7. The number of thioether (sulfide) groups is 1. The SMILES string of the molecule is C[C@@H](SCc1ccccc1)C(=O)Nc1cccc(-n2cnnc2)c1. The van der Waals surface area contributed by atoms with E-state index in [0.29, 0.717) is 0 Å². The summed E-state index contributed by atoms with van der Waals surface area (Å²) < 4.78 is 1.79. The van der Waals surface area contributed by atoms with Gasteiger partial charge in [0, 0.05) is 11.4 Å². The molecule has 2 aromatic carbocycles. The van der Waals surface area contributed by atoms with Gasteiger partial charge in [-0.2, -0.15) is 0 Å². The van der Waals surface area contributed by atoms with Crippen molar-refractivity contribution in [2.45, 2.75) is 17.9 Å². The maximum atomic E-state index is 12.4. The zero-order chi connectivity index (χ0) is 16.8. The van der Waals surface area contributed by atoms with Gasteiger partial charge in [0.1, 0.15) is 12.7 Å². The molecule has 1 heterocycles. The van der Waals surface area contributed by atoms with Crippen LogP contribution in [0.2, 0.25) is 0 Å². The molecule has 6 heteroatoms. The monoisotopic (exact) mass is 338 g/mol. The van der Waals surface area contributed by atoms with Crippen LogP contribution in [0.5, 0.6) is 0 Å². The Morgan fingerprint density at radius 3 is 2.62 bits per heavy atom. The van der Waals surface area contributed by atoms with Crippen molar-refractivity contribution in [1.82, 2.24) is 14.8 Å². The fraction of sp³-hybridized carbons (Fsp3) is 0.167. The molecule has 0 radical (unpaired) electrons. The highest BCUT2D eigenvalue weighted by molar-refractivity contribution is 7.99. The molecule has 5 nitrogen and oxygen atoms in total. The fourth-order valence-corrected chi connectivity index (χ4v) is 3.04. The molecule has 1 amide bonds. The fourth-order valence-electron chi connectivity index (χ4n) is 2.19. The summed E-state index contributed by atoms with van der Waals surface area (Å²) in [5, 5.41) is 10.4. The number of hydrogen-bond acceptors (Lipinski definition) is 4. The molecular weight excluding hydrogens is 320 g/mol. The smallest absolute Gasteiger partial charge is 0.237 e. The number of carbonyl (C=O) groups excluding carboxylic acids is 1. The van der Waals surface area contributed by atoms with E-state index in [1.54, 1.807) is 29.0 Å². The molecule has 0 aliphatic carbocycles. The van der Waals surface area contributed by atoms with Crippen molar-refractivity contribution in [3.8, 4) is 5.69 Å². The van der Waals surface area contributed by atoms with E-state index >= 15 is 0 Å². The van der Waals surface area contributed by atoms with Gasteiger partial charge in [-0.25, -0.2) is 0 Å². The number of nitrogens with zero attached hydrogens (tertiary/aromatic N) is 3. The summed E-state index contributed by atoms with van der Waals surface area (Å²) in [6.45, 7) is 1.92. The largest absolute Gasteiger partial charge is 0.325 e. The molecule has 0 unspecified atom stereocenters. The number of carbonyl (C=O) groups is 1. The van der Waals surface area contributed by atoms with Crippen LogP contribution in [0.25, 0.3) is 5.69 Å². The molecule has 3 aromatic rings. The lowest BCUT2D eigenvalue weighted by Crippen LogP contribution is -2.22. The average Bonchev–Trinajstić information content (AvgIpc) is 3.15. The first-order valence-corrected chi connectivity index (χ1v) is 8.69. The van der Waals surface area contributed by atoms with Crippen LogP contribution in [-0.2, 0) is 10.5 Å². The minimum Gasteiger partial charge on any atom is -0.325 e. The van der Waals surface area contributed by atoms with E-state index < -0.39 is 0 Å². The maximum Gasteiger partial charge on any atom is 0.237 e. The summed E-state index contributed by atoms with van der Waals surface area (Å²) in [5.74, 6) is 0.813. The number of benzene rings is 2. The number of amides is 1. The van der Waals surface area contributed by atoms with Gasteiger partial charge < -0.3 is 5.32 Å². The summed E-state index contributed by atoms with van der Waals surface area (Å²) in [6, 6.07) is 17.8. The third-order valence-electron chi connectivity index (χ3n) is 3.54. The van der Waals surface area contributed by atoms with E-state index in [2.05, 4.69) is 27.6 Å². The molecule has 0 saturated heterocycles. The summed E-state index contributed by atoms with van der Waals surface area (Å²) in [7, 11) is 0. The topological polar surface area (TPSA) is 59.8 Å². The Labute approximate surface area is 145 Å². The van der Waals surface area contributed by atoms with Gasteiger partial charge in [-0.15, -0.1) is 22.0 Å². The van der Waals surface area contributed by atoms with Crippen LogP contribution in [0.15, 0.2) is 67.3 Å². The Balaban J connectivity index is 1.59. The van der Waals surface area contributed by atoms with E-state index in [9.17, 15) is 4.79 Å². The lowest BCUT2D eigenvalue weighted by atomic mass is 10.2. The van der Waals surface area contributed by atoms with Gasteiger partial charge in [-0.3, -0.25) is 9.36 Å². The normalized spacial score (nSPS) is 11.9. The highest BCUT2D eigenvalue weighted by Crippen LogP contribution is 2.20. The molecule has 0 aliphatic heterocycles. The molecule has 24 heavy (non-hydrogen) atoms. The molecule has 1 atom stereocenters. The van der Waals surface area contributed by atoms with Crippen molar-refractivity contribution < 1.29 is 4.79 Å². The number of nitrogens with one attached hydrogen (secondary N) is 1. The van der Waals surface area contributed by atoms with E-state index in [1.807, 2.05) is 49.4 Å². The Kier molecular flexibility index (Phi) is 5.28. The highest BCUT2D eigenvalue weighted by atomic mass is 32.2. The lowest BCUT2D eigenvalue weighted by molar-refractivity contribution is -0.115. The molecule has 0 aliphatic rings. The summed E-state index contributed by atoms with van der Waals surface area (Å²) in [6.07, 6.45) is 3.25. The predicted octanol–water partition coefficient (Wildman–Crippen LogP) is 3.53. The Morgan fingerprint density at radius 2 is 1.88 bits per heavy atom. The number of rotatable bonds is 6. The zero-order valence-corrected chi connectivity index (χ0v) is 14.1. The number of aromatic nitrogens is 3. The van der Waals surface area contributed by atoms with Crippen LogP contribution < -0.4 is 5.32 Å². The maximum absolute atomic E-state index is 12.4. The van der Waals surface area contributed by atoms with Gasteiger partial charge in [0.2, 0.25) is 5.91 Å². The molecule has 1 aromatic heterocycles. The number of hydrogen-bond donors (Lipinski definition) is 1. The van der Waals surface area contributed by atoms with E-state index in [1.165, 1.54) is 5.56 Å². The second-order valence-corrected chi connectivity index (χ2v) is 6.68. The molecule has 0 saturated carbocycles. The van der Waals surface area contributed by atoms with Crippen LogP contribution in [-0.4, -0.2) is 25.9 Å². The third-order valence-corrected chi connectivity index (χ3v) is 4.76. The van der Waals surface area contributed by atoms with Crippen LogP contribution in [0.4, 0.5) is 5.69 Å². The molecule has 1 N–H and O–H groups in total. The molecule has 3 rings (SSSR count). The van der Waals surface area contributed by atoms with Crippen LogP contribution in [0.3, 0.4) is 0 Å². The highest BCUT2D eigenvalue weighted by Gasteiger charge is 2.14. The van der Waals surface area contributed by atoms with Crippen LogP contribution in [0, 0.1) is 0 Å². The Hall–Kier alpha value is -2.60. The quantitative estimate of drug-likeness (QED) is 0.747. The van der Waals surface area contributed by atoms with Crippen molar-refractivity contribution in [1.29, 1.82) is 0 Å². The lowest BCUT2D eigenvalue weighted by Gasteiger charge is -2.13.